The van der Waals surface area contributed by atoms with Crippen LogP contribution in [0.15, 0.2) is 0 Å². The van der Waals surface area contributed by atoms with Gasteiger partial charge in [-0.3, -0.25) is 9.59 Å². The fourth-order valence-corrected chi connectivity index (χ4v) is 1.91. The highest BCUT2D eigenvalue weighted by molar-refractivity contribution is 6.49. The zero-order valence-electron chi connectivity index (χ0n) is 13.1. The molecule has 0 aromatic carbocycles. The molecule has 1 aliphatic carbocycles. The summed E-state index contributed by atoms with van der Waals surface area (Å²) in [5.74, 6) is -0.565. The molecule has 0 saturated heterocycles. The van der Waals surface area contributed by atoms with Crippen LogP contribution < -0.4 is 10.6 Å². The van der Waals surface area contributed by atoms with E-state index in [9.17, 15) is 9.59 Å². The summed E-state index contributed by atoms with van der Waals surface area (Å²) >= 11 is 0. The summed E-state index contributed by atoms with van der Waals surface area (Å²) in [6.45, 7) is 13.4. The Morgan fingerprint density at radius 3 is 1.95 bits per heavy atom. The fourth-order valence-electron chi connectivity index (χ4n) is 1.91. The molecule has 0 bridgehead atoms. The minimum atomic E-state index is -0.366. The van der Waals surface area contributed by atoms with Gasteiger partial charge in [-0.25, -0.2) is 0 Å². The zero-order chi connectivity index (χ0) is 14.8. The van der Waals surface area contributed by atoms with Crippen molar-refractivity contribution in [2.75, 3.05) is 6.54 Å². The van der Waals surface area contributed by atoms with Crippen LogP contribution in [0, 0.1) is 5.41 Å². The number of rotatable bonds is 7. The Morgan fingerprint density at radius 2 is 1.47 bits per heavy atom. The lowest BCUT2D eigenvalue weighted by atomic mass is 9.80. The molecule has 1 fully saturated rings. The number of carbonyl (C=O) groups is 2. The smallest absolute Gasteiger partial charge is 0.219 e. The lowest BCUT2D eigenvalue weighted by Gasteiger charge is -2.41. The van der Waals surface area contributed by atoms with Crippen molar-refractivity contribution in [1.82, 2.24) is 10.6 Å². The number of hydrogen-bond acceptors (Lipinski definition) is 4. The van der Waals surface area contributed by atoms with E-state index in [0.29, 0.717) is 0 Å². The zero-order valence-corrected chi connectivity index (χ0v) is 13.1. The summed E-state index contributed by atoms with van der Waals surface area (Å²) in [5.41, 5.74) is 0.0188. The summed E-state index contributed by atoms with van der Waals surface area (Å²) in [6, 6.07) is -0.723. The first-order valence-electron chi connectivity index (χ1n) is 7.22. The van der Waals surface area contributed by atoms with Gasteiger partial charge < -0.3 is 10.6 Å². The molecule has 1 aliphatic rings. The largest absolute Gasteiger partial charge is 0.305 e. The van der Waals surface area contributed by atoms with E-state index >= 15 is 0 Å². The van der Waals surface area contributed by atoms with E-state index in [1.165, 1.54) is 0 Å². The van der Waals surface area contributed by atoms with Gasteiger partial charge in [-0.1, -0.05) is 27.7 Å². The van der Waals surface area contributed by atoms with Gasteiger partial charge in [0.05, 0.1) is 12.1 Å². The molecule has 1 saturated carbocycles. The van der Waals surface area contributed by atoms with Crippen molar-refractivity contribution in [2.45, 2.75) is 72.0 Å². The van der Waals surface area contributed by atoms with Gasteiger partial charge in [0.1, 0.15) is 0 Å². The highest BCUT2D eigenvalue weighted by Crippen LogP contribution is 2.22. The van der Waals surface area contributed by atoms with Crippen molar-refractivity contribution >= 4 is 11.6 Å². The van der Waals surface area contributed by atoms with E-state index in [0.717, 1.165) is 19.4 Å². The lowest BCUT2D eigenvalue weighted by molar-refractivity contribution is -0.148. The van der Waals surface area contributed by atoms with E-state index < -0.39 is 0 Å². The first-order chi connectivity index (χ1) is 8.63. The Hall–Kier alpha value is -0.740. The highest BCUT2D eigenvalue weighted by atomic mass is 16.2. The maximum Gasteiger partial charge on any atom is 0.219 e. The Morgan fingerprint density at radius 1 is 0.947 bits per heavy atom. The number of nitrogens with one attached hydrogen (secondary N) is 2. The predicted molar refractivity (Wildman–Crippen MR) is 77.2 cm³/mol. The molecular weight excluding hydrogens is 240 g/mol. The van der Waals surface area contributed by atoms with Gasteiger partial charge in [-0.15, -0.1) is 0 Å². The fraction of sp³-hybridized carbons (Fsp3) is 0.867. The van der Waals surface area contributed by atoms with Crippen molar-refractivity contribution in [3.05, 3.63) is 0 Å². The van der Waals surface area contributed by atoms with E-state index in [2.05, 4.69) is 52.2 Å². The molecule has 4 nitrogen and oxygen atoms in total. The van der Waals surface area contributed by atoms with Crippen LogP contribution in [-0.4, -0.2) is 35.7 Å². The van der Waals surface area contributed by atoms with Crippen LogP contribution in [0.4, 0.5) is 0 Å². The van der Waals surface area contributed by atoms with Crippen LogP contribution in [-0.2, 0) is 9.59 Å². The van der Waals surface area contributed by atoms with Crippen LogP contribution in [0.3, 0.4) is 0 Å². The molecule has 0 aromatic heterocycles. The van der Waals surface area contributed by atoms with Crippen molar-refractivity contribution in [1.29, 1.82) is 0 Å². The third-order valence-electron chi connectivity index (χ3n) is 4.33. The predicted octanol–water partition coefficient (Wildman–Crippen LogP) is 1.68. The van der Waals surface area contributed by atoms with Gasteiger partial charge in [-0.05, 0) is 32.1 Å². The Labute approximate surface area is 116 Å². The van der Waals surface area contributed by atoms with Gasteiger partial charge in [-0.2, -0.15) is 0 Å². The molecule has 0 aromatic rings. The van der Waals surface area contributed by atoms with Crippen LogP contribution in [0.25, 0.3) is 0 Å². The summed E-state index contributed by atoms with van der Waals surface area (Å²) in [7, 11) is 0. The van der Waals surface area contributed by atoms with Crippen LogP contribution in [0.1, 0.15) is 54.4 Å². The Bertz CT molecular complexity index is 361. The van der Waals surface area contributed by atoms with E-state index in [4.69, 9.17) is 0 Å². The first-order valence-corrected chi connectivity index (χ1v) is 7.22. The maximum atomic E-state index is 11.7. The van der Waals surface area contributed by atoms with E-state index in [1.54, 1.807) is 0 Å². The van der Waals surface area contributed by atoms with Crippen molar-refractivity contribution in [3.8, 4) is 0 Å². The molecule has 19 heavy (non-hydrogen) atoms. The SMILES string of the molecule is CCC(C)(C)CNC1C(=O)C(=O)C1NC(C)(C)CC. The second kappa shape index (κ2) is 5.71. The molecular formula is C15H28N2O2. The second-order valence-electron chi connectivity index (χ2n) is 6.96. The highest BCUT2D eigenvalue weighted by Gasteiger charge is 2.50. The summed E-state index contributed by atoms with van der Waals surface area (Å²) in [6.07, 6.45) is 1.95. The molecule has 1 rings (SSSR count). The van der Waals surface area contributed by atoms with Crippen LogP contribution in [0.2, 0.25) is 0 Å². The normalized spacial score (nSPS) is 24.5. The molecule has 110 valence electrons. The Kier molecular flexibility index (Phi) is 4.91. The monoisotopic (exact) mass is 268 g/mol. The first kappa shape index (κ1) is 16.3. The topological polar surface area (TPSA) is 58.2 Å². The minimum absolute atomic E-state index is 0.124. The molecule has 0 heterocycles. The molecule has 2 atom stereocenters. The van der Waals surface area contributed by atoms with Crippen molar-refractivity contribution in [2.24, 2.45) is 5.41 Å². The van der Waals surface area contributed by atoms with Gasteiger partial charge >= 0.3 is 0 Å². The molecule has 0 aliphatic heterocycles. The maximum absolute atomic E-state index is 11.7. The van der Waals surface area contributed by atoms with Gasteiger partial charge in [0, 0.05) is 12.1 Å². The average molecular weight is 268 g/mol. The quantitative estimate of drug-likeness (QED) is 0.690. The Balaban J connectivity index is 2.61. The summed E-state index contributed by atoms with van der Waals surface area (Å²) < 4.78 is 0. The van der Waals surface area contributed by atoms with Crippen molar-refractivity contribution < 1.29 is 9.59 Å². The standard InChI is InChI=1S/C15H28N2O2/c1-7-14(3,4)9-16-10-11(13(19)12(10)18)17-15(5,6)8-2/h10-11,16-17H,7-9H2,1-6H3. The summed E-state index contributed by atoms with van der Waals surface area (Å²) in [5, 5.41) is 6.55. The number of ketones is 2. The van der Waals surface area contributed by atoms with Gasteiger partial charge in [0.2, 0.25) is 11.6 Å². The average Bonchev–Trinajstić information content (AvgIpc) is 2.37. The van der Waals surface area contributed by atoms with E-state index in [1.807, 2.05) is 0 Å². The minimum Gasteiger partial charge on any atom is -0.305 e. The van der Waals surface area contributed by atoms with Crippen LogP contribution >= 0.6 is 0 Å². The van der Waals surface area contributed by atoms with Crippen molar-refractivity contribution in [3.63, 3.8) is 0 Å². The van der Waals surface area contributed by atoms with Gasteiger partial charge in [0.15, 0.2) is 0 Å². The molecule has 0 spiro atoms. The molecule has 2 unspecified atom stereocenters. The number of Topliss-reactive ketones (excluding diaryl/α,β-unsaturated/α-hetero) is 2. The van der Waals surface area contributed by atoms with Crippen LogP contribution in [0.5, 0.6) is 0 Å². The van der Waals surface area contributed by atoms with Gasteiger partial charge in [0.25, 0.3) is 0 Å². The number of hydrogen-bond donors (Lipinski definition) is 2. The molecule has 0 amide bonds. The third-order valence-corrected chi connectivity index (χ3v) is 4.33. The summed E-state index contributed by atoms with van der Waals surface area (Å²) in [4.78, 5) is 23.4. The molecule has 0 radical (unpaired) electrons. The number of carbonyl (C=O) groups excluding carboxylic acids is 2. The lowest BCUT2D eigenvalue weighted by Crippen LogP contribution is -2.72. The third kappa shape index (κ3) is 3.86. The molecule has 4 heteroatoms. The second-order valence-corrected chi connectivity index (χ2v) is 6.96. The molecule has 2 N–H and O–H groups in total. The van der Waals surface area contributed by atoms with E-state index in [-0.39, 0.29) is 34.6 Å².